The van der Waals surface area contributed by atoms with E-state index in [1.807, 2.05) is 36.4 Å². The molecule has 0 aliphatic carbocycles. The van der Waals surface area contributed by atoms with Gasteiger partial charge in [-0.25, -0.2) is 0 Å². The zero-order valence-electron chi connectivity index (χ0n) is 15.0. The Hall–Kier alpha value is -2.85. The number of nitrogens with zero attached hydrogens (tertiary/aromatic N) is 1. The SMILES string of the molecule is CCc1ccccc1.c1cc(CNCc2ccncc2)c2c(c1)OCO2. The van der Waals surface area contributed by atoms with Gasteiger partial charge in [0.15, 0.2) is 11.5 Å². The molecule has 2 heterocycles. The predicted octanol–water partition coefficient (Wildman–Crippen LogP) is 4.35. The third-order valence-corrected chi connectivity index (χ3v) is 4.12. The minimum atomic E-state index is 0.316. The Balaban J connectivity index is 0.000000206. The third-order valence-electron chi connectivity index (χ3n) is 4.12. The normalized spacial score (nSPS) is 11.6. The average molecular weight is 348 g/mol. The van der Waals surface area contributed by atoms with Gasteiger partial charge in [0, 0.05) is 31.0 Å². The lowest BCUT2D eigenvalue weighted by Gasteiger charge is -2.07. The molecule has 1 N–H and O–H groups in total. The van der Waals surface area contributed by atoms with Gasteiger partial charge in [0.1, 0.15) is 0 Å². The second-order valence-corrected chi connectivity index (χ2v) is 5.95. The lowest BCUT2D eigenvalue weighted by molar-refractivity contribution is 0.173. The minimum Gasteiger partial charge on any atom is -0.454 e. The fourth-order valence-electron chi connectivity index (χ4n) is 2.69. The fraction of sp³-hybridized carbons (Fsp3) is 0.227. The number of pyridine rings is 1. The van der Waals surface area contributed by atoms with E-state index in [1.54, 1.807) is 12.4 Å². The number of aryl methyl sites for hydroxylation is 1. The van der Waals surface area contributed by atoms with E-state index in [0.29, 0.717) is 6.79 Å². The summed E-state index contributed by atoms with van der Waals surface area (Å²) in [5, 5.41) is 3.38. The largest absolute Gasteiger partial charge is 0.454 e. The van der Waals surface area contributed by atoms with Crippen LogP contribution in [0.4, 0.5) is 0 Å². The molecule has 1 aromatic heterocycles. The number of para-hydroxylation sites is 1. The maximum Gasteiger partial charge on any atom is 0.231 e. The molecule has 0 spiro atoms. The van der Waals surface area contributed by atoms with Crippen molar-refractivity contribution in [2.24, 2.45) is 0 Å². The molecule has 0 fully saturated rings. The van der Waals surface area contributed by atoms with Crippen LogP contribution in [0.15, 0.2) is 73.1 Å². The van der Waals surface area contributed by atoms with Gasteiger partial charge < -0.3 is 14.8 Å². The maximum absolute atomic E-state index is 5.46. The van der Waals surface area contributed by atoms with Crippen LogP contribution in [0, 0.1) is 0 Å². The first-order valence-corrected chi connectivity index (χ1v) is 8.88. The highest BCUT2D eigenvalue weighted by atomic mass is 16.7. The second-order valence-electron chi connectivity index (χ2n) is 5.95. The van der Waals surface area contributed by atoms with Crippen molar-refractivity contribution in [3.8, 4) is 11.5 Å². The Morgan fingerprint density at radius 3 is 2.38 bits per heavy atom. The van der Waals surface area contributed by atoms with Gasteiger partial charge in [-0.15, -0.1) is 0 Å². The number of nitrogens with one attached hydrogen (secondary N) is 1. The maximum atomic E-state index is 5.46. The number of hydrogen-bond acceptors (Lipinski definition) is 4. The summed E-state index contributed by atoms with van der Waals surface area (Å²) in [7, 11) is 0. The number of aromatic nitrogens is 1. The minimum absolute atomic E-state index is 0.316. The Morgan fingerprint density at radius 2 is 1.65 bits per heavy atom. The molecule has 0 saturated carbocycles. The van der Waals surface area contributed by atoms with Gasteiger partial charge in [-0.3, -0.25) is 4.98 Å². The molecule has 0 radical (unpaired) electrons. The van der Waals surface area contributed by atoms with Crippen LogP contribution in [0.1, 0.15) is 23.6 Å². The molecule has 26 heavy (non-hydrogen) atoms. The van der Waals surface area contributed by atoms with Gasteiger partial charge in [0.25, 0.3) is 0 Å². The van der Waals surface area contributed by atoms with E-state index in [-0.39, 0.29) is 0 Å². The van der Waals surface area contributed by atoms with Crippen LogP contribution < -0.4 is 14.8 Å². The van der Waals surface area contributed by atoms with Gasteiger partial charge in [0.05, 0.1) is 0 Å². The highest BCUT2D eigenvalue weighted by Crippen LogP contribution is 2.35. The summed E-state index contributed by atoms with van der Waals surface area (Å²) in [5.41, 5.74) is 3.75. The number of hydrogen-bond donors (Lipinski definition) is 1. The lowest BCUT2D eigenvalue weighted by atomic mass is 10.2. The number of ether oxygens (including phenoxy) is 2. The molecule has 4 heteroatoms. The summed E-state index contributed by atoms with van der Waals surface area (Å²) in [6, 6.07) is 20.4. The van der Waals surface area contributed by atoms with Gasteiger partial charge >= 0.3 is 0 Å². The molecule has 2 aromatic carbocycles. The van der Waals surface area contributed by atoms with Crippen molar-refractivity contribution in [1.82, 2.24) is 10.3 Å². The molecular formula is C22H24N2O2. The summed E-state index contributed by atoms with van der Waals surface area (Å²) in [5.74, 6) is 1.69. The van der Waals surface area contributed by atoms with Crippen LogP contribution in [0.25, 0.3) is 0 Å². The lowest BCUT2D eigenvalue weighted by Crippen LogP contribution is -2.13. The van der Waals surface area contributed by atoms with Crippen LogP contribution in [-0.2, 0) is 19.5 Å². The molecule has 0 atom stereocenters. The van der Waals surface area contributed by atoms with Crippen molar-refractivity contribution in [2.45, 2.75) is 26.4 Å². The topological polar surface area (TPSA) is 43.4 Å². The summed E-state index contributed by atoms with van der Waals surface area (Å²) >= 11 is 0. The van der Waals surface area contributed by atoms with Gasteiger partial charge in [-0.05, 0) is 35.7 Å². The molecule has 134 valence electrons. The van der Waals surface area contributed by atoms with E-state index in [1.165, 1.54) is 11.1 Å². The molecular weight excluding hydrogens is 324 g/mol. The molecule has 0 saturated heterocycles. The summed E-state index contributed by atoms with van der Waals surface area (Å²) in [6.07, 6.45) is 4.74. The molecule has 1 aliphatic heterocycles. The summed E-state index contributed by atoms with van der Waals surface area (Å²) in [4.78, 5) is 3.99. The van der Waals surface area contributed by atoms with Crippen molar-refractivity contribution in [2.75, 3.05) is 6.79 Å². The van der Waals surface area contributed by atoms with Gasteiger partial charge in [-0.1, -0.05) is 49.4 Å². The van der Waals surface area contributed by atoms with Crippen LogP contribution in [0.2, 0.25) is 0 Å². The van der Waals surface area contributed by atoms with Crippen LogP contribution in [0.3, 0.4) is 0 Å². The first kappa shape index (κ1) is 18.0. The Labute approximate surface area is 154 Å². The van der Waals surface area contributed by atoms with E-state index < -0.39 is 0 Å². The Bertz CT molecular complexity index is 792. The van der Waals surface area contributed by atoms with E-state index in [0.717, 1.165) is 36.6 Å². The van der Waals surface area contributed by atoms with Crippen molar-refractivity contribution < 1.29 is 9.47 Å². The smallest absolute Gasteiger partial charge is 0.231 e. The number of fused-ring (bicyclic) bond motifs is 1. The van der Waals surface area contributed by atoms with E-state index in [4.69, 9.17) is 9.47 Å². The summed E-state index contributed by atoms with van der Waals surface area (Å²) < 4.78 is 10.8. The van der Waals surface area contributed by atoms with Crippen molar-refractivity contribution >= 4 is 0 Å². The molecule has 4 rings (SSSR count). The van der Waals surface area contributed by atoms with E-state index >= 15 is 0 Å². The van der Waals surface area contributed by atoms with Gasteiger partial charge in [-0.2, -0.15) is 0 Å². The fourth-order valence-corrected chi connectivity index (χ4v) is 2.69. The molecule has 0 amide bonds. The average Bonchev–Trinajstić information content (AvgIpc) is 3.20. The van der Waals surface area contributed by atoms with Gasteiger partial charge in [0.2, 0.25) is 6.79 Å². The summed E-state index contributed by atoms with van der Waals surface area (Å²) in [6.45, 7) is 4.05. The molecule has 0 bridgehead atoms. The molecule has 4 nitrogen and oxygen atoms in total. The van der Waals surface area contributed by atoms with Crippen LogP contribution in [-0.4, -0.2) is 11.8 Å². The quantitative estimate of drug-likeness (QED) is 0.744. The Kier molecular flexibility index (Phi) is 6.62. The first-order chi connectivity index (χ1) is 12.9. The number of rotatable bonds is 5. The van der Waals surface area contributed by atoms with E-state index in [2.05, 4.69) is 41.5 Å². The monoisotopic (exact) mass is 348 g/mol. The molecule has 3 aromatic rings. The highest BCUT2D eigenvalue weighted by molar-refractivity contribution is 5.48. The van der Waals surface area contributed by atoms with Crippen molar-refractivity contribution in [1.29, 1.82) is 0 Å². The highest BCUT2D eigenvalue weighted by Gasteiger charge is 2.16. The predicted molar refractivity (Wildman–Crippen MR) is 103 cm³/mol. The van der Waals surface area contributed by atoms with Crippen molar-refractivity contribution in [3.63, 3.8) is 0 Å². The molecule has 1 aliphatic rings. The Morgan fingerprint density at radius 1 is 0.846 bits per heavy atom. The third kappa shape index (κ3) is 5.07. The zero-order chi connectivity index (χ0) is 18.0. The van der Waals surface area contributed by atoms with Crippen LogP contribution in [0.5, 0.6) is 11.5 Å². The van der Waals surface area contributed by atoms with Crippen LogP contribution >= 0.6 is 0 Å². The number of benzene rings is 2. The first-order valence-electron chi connectivity index (χ1n) is 8.88. The van der Waals surface area contributed by atoms with Crippen molar-refractivity contribution in [3.05, 3.63) is 89.7 Å². The standard InChI is InChI=1S/C14H14N2O2.C8H10/c1-2-12(14-13(3-1)17-10-18-14)9-16-8-11-4-6-15-7-5-11;1-2-8-6-4-3-5-7-8/h1-7,16H,8-10H2;3-7H,2H2,1H3. The zero-order valence-corrected chi connectivity index (χ0v) is 15.0. The van der Waals surface area contributed by atoms with E-state index in [9.17, 15) is 0 Å². The second kappa shape index (κ2) is 9.59. The molecule has 0 unspecified atom stereocenters.